The average molecular weight is 196 g/mol. The summed E-state index contributed by atoms with van der Waals surface area (Å²) in [7, 11) is 0. The highest BCUT2D eigenvalue weighted by Crippen LogP contribution is 2.18. The Hall–Kier alpha value is -1.52. The molecule has 0 aromatic carbocycles. The van der Waals surface area contributed by atoms with Crippen molar-refractivity contribution in [3.63, 3.8) is 0 Å². The van der Waals surface area contributed by atoms with Gasteiger partial charge >= 0.3 is 0 Å². The van der Waals surface area contributed by atoms with Gasteiger partial charge in [0.1, 0.15) is 0 Å². The average Bonchev–Trinajstić information content (AvgIpc) is 2.50. The number of primary amides is 1. The third-order valence-electron chi connectivity index (χ3n) is 2.31. The molecule has 0 atom stereocenters. The van der Waals surface area contributed by atoms with Crippen molar-refractivity contribution in [3.8, 4) is 0 Å². The molecule has 14 heavy (non-hydrogen) atoms. The van der Waals surface area contributed by atoms with E-state index in [-0.39, 0.29) is 11.7 Å². The molecule has 1 aromatic heterocycles. The van der Waals surface area contributed by atoms with E-state index in [1.807, 2.05) is 0 Å². The minimum atomic E-state index is -0.577. The number of hydrogen-bond donors (Lipinski definition) is 2. The fourth-order valence-electron chi connectivity index (χ4n) is 1.45. The second-order valence-electron chi connectivity index (χ2n) is 3.25. The molecular weight excluding hydrogens is 180 g/mol. The highest BCUT2D eigenvalue weighted by atomic mass is 16.1. The minimum absolute atomic E-state index is 0.164. The zero-order valence-corrected chi connectivity index (χ0v) is 8.53. The number of hydrogen-bond acceptors (Lipinski definition) is 3. The first-order chi connectivity index (χ1) is 6.60. The molecule has 0 bridgehead atoms. The molecule has 78 valence electrons. The summed E-state index contributed by atoms with van der Waals surface area (Å²) in [5, 5.41) is 4.07. The number of nitrogen functional groups attached to an aromatic ring is 1. The lowest BCUT2D eigenvalue weighted by Crippen LogP contribution is -2.15. The van der Waals surface area contributed by atoms with Crippen LogP contribution in [0.1, 0.15) is 43.2 Å². The number of rotatable bonds is 4. The smallest absolute Gasteiger partial charge is 0.271 e. The first-order valence-electron chi connectivity index (χ1n) is 4.74. The van der Waals surface area contributed by atoms with E-state index in [4.69, 9.17) is 11.5 Å². The molecule has 1 rings (SSSR count). The van der Waals surface area contributed by atoms with Gasteiger partial charge in [-0.25, -0.2) is 0 Å². The highest BCUT2D eigenvalue weighted by molar-refractivity contribution is 5.95. The van der Waals surface area contributed by atoms with Crippen LogP contribution < -0.4 is 11.5 Å². The van der Waals surface area contributed by atoms with Crippen molar-refractivity contribution < 1.29 is 4.79 Å². The number of anilines is 1. The SMILES string of the molecule is CCC(CC)n1cc(N)c(C(N)=O)n1. The van der Waals surface area contributed by atoms with E-state index in [1.54, 1.807) is 10.9 Å². The van der Waals surface area contributed by atoms with Crippen LogP contribution in [0.2, 0.25) is 0 Å². The van der Waals surface area contributed by atoms with Gasteiger partial charge in [-0.3, -0.25) is 9.48 Å². The molecule has 0 spiro atoms. The standard InChI is InChI=1S/C9H16N4O/c1-3-6(4-2)13-5-7(10)8(12-13)9(11)14/h5-6H,3-4,10H2,1-2H3,(H2,11,14). The Balaban J connectivity index is 3.01. The maximum atomic E-state index is 10.9. The summed E-state index contributed by atoms with van der Waals surface area (Å²) in [6.45, 7) is 4.13. The van der Waals surface area contributed by atoms with E-state index in [0.717, 1.165) is 12.8 Å². The second-order valence-corrected chi connectivity index (χ2v) is 3.25. The van der Waals surface area contributed by atoms with Crippen LogP contribution in [-0.4, -0.2) is 15.7 Å². The van der Waals surface area contributed by atoms with E-state index in [1.165, 1.54) is 0 Å². The van der Waals surface area contributed by atoms with Gasteiger partial charge in [0.05, 0.1) is 11.7 Å². The fraction of sp³-hybridized carbons (Fsp3) is 0.556. The quantitative estimate of drug-likeness (QED) is 0.750. The molecule has 0 aliphatic carbocycles. The van der Waals surface area contributed by atoms with Crippen LogP contribution in [0, 0.1) is 0 Å². The van der Waals surface area contributed by atoms with E-state index in [9.17, 15) is 4.79 Å². The fourth-order valence-corrected chi connectivity index (χ4v) is 1.45. The Morgan fingerprint density at radius 3 is 2.50 bits per heavy atom. The summed E-state index contributed by atoms with van der Waals surface area (Å²) in [5.74, 6) is -0.577. The van der Waals surface area contributed by atoms with Crippen LogP contribution in [0.15, 0.2) is 6.20 Å². The van der Waals surface area contributed by atoms with E-state index >= 15 is 0 Å². The Kier molecular flexibility index (Phi) is 3.11. The summed E-state index contributed by atoms with van der Waals surface area (Å²) in [6, 6.07) is 0.283. The molecule has 0 aliphatic rings. The third-order valence-corrected chi connectivity index (χ3v) is 2.31. The maximum absolute atomic E-state index is 10.9. The van der Waals surface area contributed by atoms with Gasteiger partial charge in [-0.05, 0) is 12.8 Å². The first-order valence-corrected chi connectivity index (χ1v) is 4.74. The van der Waals surface area contributed by atoms with Gasteiger partial charge in [-0.1, -0.05) is 13.8 Å². The normalized spacial score (nSPS) is 10.8. The van der Waals surface area contributed by atoms with Gasteiger partial charge < -0.3 is 11.5 Å². The molecule has 1 aromatic rings. The molecule has 0 unspecified atom stereocenters. The maximum Gasteiger partial charge on any atom is 0.271 e. The molecule has 1 heterocycles. The van der Waals surface area contributed by atoms with Crippen molar-refractivity contribution in [3.05, 3.63) is 11.9 Å². The van der Waals surface area contributed by atoms with Crippen LogP contribution in [0.25, 0.3) is 0 Å². The molecular formula is C9H16N4O. The Labute approximate surface area is 83.1 Å². The molecule has 0 saturated heterocycles. The van der Waals surface area contributed by atoms with Gasteiger partial charge in [0, 0.05) is 6.20 Å². The van der Waals surface area contributed by atoms with E-state index in [0.29, 0.717) is 5.69 Å². The van der Waals surface area contributed by atoms with E-state index < -0.39 is 5.91 Å². The van der Waals surface area contributed by atoms with Crippen LogP contribution in [0.3, 0.4) is 0 Å². The van der Waals surface area contributed by atoms with E-state index in [2.05, 4.69) is 18.9 Å². The highest BCUT2D eigenvalue weighted by Gasteiger charge is 2.14. The lowest BCUT2D eigenvalue weighted by molar-refractivity contribution is 0.0995. The van der Waals surface area contributed by atoms with Crippen molar-refractivity contribution in [2.45, 2.75) is 32.7 Å². The zero-order valence-electron chi connectivity index (χ0n) is 8.53. The molecule has 5 heteroatoms. The minimum Gasteiger partial charge on any atom is -0.396 e. The van der Waals surface area contributed by atoms with Crippen molar-refractivity contribution in [1.29, 1.82) is 0 Å². The summed E-state index contributed by atoms with van der Waals surface area (Å²) >= 11 is 0. The molecule has 0 radical (unpaired) electrons. The van der Waals surface area contributed by atoms with Gasteiger partial charge in [-0.2, -0.15) is 5.10 Å². The largest absolute Gasteiger partial charge is 0.396 e. The molecule has 4 N–H and O–H groups in total. The van der Waals surface area contributed by atoms with Crippen LogP contribution in [-0.2, 0) is 0 Å². The number of nitrogens with two attached hydrogens (primary N) is 2. The van der Waals surface area contributed by atoms with Gasteiger partial charge in [-0.15, -0.1) is 0 Å². The summed E-state index contributed by atoms with van der Waals surface area (Å²) in [6.07, 6.45) is 3.57. The summed E-state index contributed by atoms with van der Waals surface area (Å²) < 4.78 is 1.72. The third kappa shape index (κ3) is 1.86. The molecule has 0 fully saturated rings. The molecule has 1 amide bonds. The molecule has 0 aliphatic heterocycles. The van der Waals surface area contributed by atoms with Crippen molar-refractivity contribution in [2.24, 2.45) is 5.73 Å². The number of carbonyl (C=O) groups is 1. The van der Waals surface area contributed by atoms with Crippen molar-refractivity contribution >= 4 is 11.6 Å². The monoisotopic (exact) mass is 196 g/mol. The lowest BCUT2D eigenvalue weighted by Gasteiger charge is -2.11. The lowest BCUT2D eigenvalue weighted by atomic mass is 10.2. The first kappa shape index (κ1) is 10.6. The van der Waals surface area contributed by atoms with Crippen LogP contribution >= 0.6 is 0 Å². The Bertz CT molecular complexity index is 328. The zero-order chi connectivity index (χ0) is 10.7. The van der Waals surface area contributed by atoms with Crippen LogP contribution in [0.5, 0.6) is 0 Å². The predicted molar refractivity (Wildman–Crippen MR) is 54.8 cm³/mol. The van der Waals surface area contributed by atoms with Crippen molar-refractivity contribution in [2.75, 3.05) is 5.73 Å². The van der Waals surface area contributed by atoms with Gasteiger partial charge in [0.15, 0.2) is 5.69 Å². The summed E-state index contributed by atoms with van der Waals surface area (Å²) in [4.78, 5) is 10.9. The van der Waals surface area contributed by atoms with Crippen LogP contribution in [0.4, 0.5) is 5.69 Å². The molecule has 0 saturated carbocycles. The number of amides is 1. The number of nitrogens with zero attached hydrogens (tertiary/aromatic N) is 2. The number of carbonyl (C=O) groups excluding carboxylic acids is 1. The second kappa shape index (κ2) is 4.13. The Morgan fingerprint density at radius 2 is 2.14 bits per heavy atom. The van der Waals surface area contributed by atoms with Gasteiger partial charge in [0.25, 0.3) is 5.91 Å². The summed E-state index contributed by atoms with van der Waals surface area (Å²) in [5.41, 5.74) is 11.2. The van der Waals surface area contributed by atoms with Crippen molar-refractivity contribution in [1.82, 2.24) is 9.78 Å². The topological polar surface area (TPSA) is 86.9 Å². The molecule has 5 nitrogen and oxygen atoms in total. The number of aromatic nitrogens is 2. The predicted octanol–water partition coefficient (Wildman–Crippen LogP) is 0.925. The van der Waals surface area contributed by atoms with Gasteiger partial charge in [0.2, 0.25) is 0 Å². The Morgan fingerprint density at radius 1 is 1.57 bits per heavy atom.